The zero-order valence-corrected chi connectivity index (χ0v) is 14.0. The summed E-state index contributed by atoms with van der Waals surface area (Å²) in [6.45, 7) is 7.04. The van der Waals surface area contributed by atoms with Crippen LogP contribution in [0, 0.1) is 6.92 Å². The van der Waals surface area contributed by atoms with Crippen molar-refractivity contribution in [1.29, 1.82) is 0 Å². The molecule has 0 saturated carbocycles. The standard InChI is InChI=1S/C16H19Cl2N3/c1-4-13-10(3)20-15(21-16(13)19-5-2)8-11-6-7-12(17)9-14(11)18/h6-7,9H,4-5,8H2,1-3H3,(H,19,20,21). The molecule has 2 aromatic rings. The summed E-state index contributed by atoms with van der Waals surface area (Å²) in [5, 5.41) is 4.59. The molecule has 0 aliphatic rings. The van der Waals surface area contributed by atoms with E-state index in [0.717, 1.165) is 35.9 Å². The lowest BCUT2D eigenvalue weighted by Gasteiger charge is -2.13. The van der Waals surface area contributed by atoms with E-state index in [1.54, 1.807) is 6.07 Å². The van der Waals surface area contributed by atoms with Crippen LogP contribution < -0.4 is 5.32 Å². The van der Waals surface area contributed by atoms with E-state index >= 15 is 0 Å². The van der Waals surface area contributed by atoms with E-state index in [4.69, 9.17) is 23.2 Å². The van der Waals surface area contributed by atoms with Gasteiger partial charge in [0.15, 0.2) is 0 Å². The van der Waals surface area contributed by atoms with Crippen molar-refractivity contribution in [2.45, 2.75) is 33.6 Å². The average Bonchev–Trinajstić information content (AvgIpc) is 2.42. The smallest absolute Gasteiger partial charge is 0.135 e. The van der Waals surface area contributed by atoms with Gasteiger partial charge in [-0.1, -0.05) is 36.2 Å². The van der Waals surface area contributed by atoms with Gasteiger partial charge >= 0.3 is 0 Å². The second-order valence-electron chi connectivity index (χ2n) is 4.85. The minimum Gasteiger partial charge on any atom is -0.370 e. The molecule has 0 radical (unpaired) electrons. The fourth-order valence-electron chi connectivity index (χ4n) is 2.31. The van der Waals surface area contributed by atoms with Crippen LogP contribution in [0.25, 0.3) is 0 Å². The minimum absolute atomic E-state index is 0.596. The number of rotatable bonds is 5. The highest BCUT2D eigenvalue weighted by Gasteiger charge is 2.11. The minimum atomic E-state index is 0.596. The third-order valence-corrected chi connectivity index (χ3v) is 3.91. The van der Waals surface area contributed by atoms with Gasteiger partial charge in [0.2, 0.25) is 0 Å². The van der Waals surface area contributed by atoms with Crippen molar-refractivity contribution in [2.24, 2.45) is 0 Å². The first-order valence-corrected chi connectivity index (χ1v) is 7.84. The van der Waals surface area contributed by atoms with Crippen molar-refractivity contribution in [3.05, 3.63) is 50.9 Å². The fraction of sp³-hybridized carbons (Fsp3) is 0.375. The van der Waals surface area contributed by atoms with Gasteiger partial charge < -0.3 is 5.32 Å². The van der Waals surface area contributed by atoms with Crippen LogP contribution >= 0.6 is 23.2 Å². The van der Waals surface area contributed by atoms with Crippen molar-refractivity contribution in [3.63, 3.8) is 0 Å². The Morgan fingerprint density at radius 3 is 2.52 bits per heavy atom. The van der Waals surface area contributed by atoms with E-state index in [1.807, 2.05) is 19.1 Å². The van der Waals surface area contributed by atoms with Crippen LogP contribution in [0.1, 0.15) is 36.5 Å². The zero-order valence-electron chi connectivity index (χ0n) is 12.5. The molecule has 1 aromatic carbocycles. The highest BCUT2D eigenvalue weighted by Crippen LogP contribution is 2.24. The third kappa shape index (κ3) is 3.86. The lowest BCUT2D eigenvalue weighted by molar-refractivity contribution is 0.901. The number of hydrogen-bond acceptors (Lipinski definition) is 3. The lowest BCUT2D eigenvalue weighted by Crippen LogP contribution is -2.10. The number of anilines is 1. The van der Waals surface area contributed by atoms with Crippen molar-refractivity contribution < 1.29 is 0 Å². The summed E-state index contributed by atoms with van der Waals surface area (Å²) in [6, 6.07) is 5.50. The molecular weight excluding hydrogens is 305 g/mol. The number of hydrogen-bond donors (Lipinski definition) is 1. The lowest BCUT2D eigenvalue weighted by atomic mass is 10.1. The van der Waals surface area contributed by atoms with Crippen LogP contribution in [0.4, 0.5) is 5.82 Å². The Morgan fingerprint density at radius 2 is 1.90 bits per heavy atom. The molecule has 112 valence electrons. The van der Waals surface area contributed by atoms with Gasteiger partial charge in [0.1, 0.15) is 11.6 Å². The van der Waals surface area contributed by atoms with Gasteiger partial charge in [-0.15, -0.1) is 0 Å². The average molecular weight is 324 g/mol. The summed E-state index contributed by atoms with van der Waals surface area (Å²) in [4.78, 5) is 9.24. The van der Waals surface area contributed by atoms with Gasteiger partial charge in [-0.3, -0.25) is 0 Å². The Bertz CT molecular complexity index is 642. The molecule has 0 bridgehead atoms. The summed E-state index contributed by atoms with van der Waals surface area (Å²) in [6.07, 6.45) is 1.51. The first-order valence-electron chi connectivity index (χ1n) is 7.09. The number of aromatic nitrogens is 2. The van der Waals surface area contributed by atoms with Crippen molar-refractivity contribution >= 4 is 29.0 Å². The Labute approximate surface area is 135 Å². The molecule has 21 heavy (non-hydrogen) atoms. The number of nitrogens with one attached hydrogen (secondary N) is 1. The Kier molecular flexibility index (Phi) is 5.43. The quantitative estimate of drug-likeness (QED) is 0.868. The largest absolute Gasteiger partial charge is 0.370 e. The summed E-state index contributed by atoms with van der Waals surface area (Å²) in [5.74, 6) is 1.69. The Balaban J connectivity index is 2.35. The summed E-state index contributed by atoms with van der Waals surface area (Å²) in [5.41, 5.74) is 3.17. The molecule has 3 nitrogen and oxygen atoms in total. The van der Waals surface area contributed by atoms with E-state index in [-0.39, 0.29) is 0 Å². The molecule has 0 fully saturated rings. The van der Waals surface area contributed by atoms with E-state index in [0.29, 0.717) is 16.5 Å². The SMILES string of the molecule is CCNc1nc(Cc2ccc(Cl)cc2Cl)nc(C)c1CC. The van der Waals surface area contributed by atoms with Gasteiger partial charge in [-0.25, -0.2) is 9.97 Å². The Hall–Kier alpha value is -1.32. The molecule has 1 aromatic heterocycles. The molecule has 0 atom stereocenters. The molecule has 0 aliphatic heterocycles. The summed E-state index contributed by atoms with van der Waals surface area (Å²) < 4.78 is 0. The number of nitrogens with zero attached hydrogens (tertiary/aromatic N) is 2. The van der Waals surface area contributed by atoms with E-state index in [1.165, 1.54) is 5.56 Å². The van der Waals surface area contributed by atoms with Crippen molar-refractivity contribution in [3.8, 4) is 0 Å². The van der Waals surface area contributed by atoms with Gasteiger partial charge in [0, 0.05) is 34.3 Å². The predicted molar refractivity (Wildman–Crippen MR) is 89.6 cm³/mol. The second-order valence-corrected chi connectivity index (χ2v) is 5.69. The van der Waals surface area contributed by atoms with E-state index in [9.17, 15) is 0 Å². The summed E-state index contributed by atoms with van der Waals surface area (Å²) >= 11 is 12.1. The molecule has 1 heterocycles. The highest BCUT2D eigenvalue weighted by atomic mass is 35.5. The molecule has 0 spiro atoms. The van der Waals surface area contributed by atoms with Crippen LogP contribution in [0.5, 0.6) is 0 Å². The van der Waals surface area contributed by atoms with E-state index in [2.05, 4.69) is 29.1 Å². The maximum absolute atomic E-state index is 6.22. The zero-order chi connectivity index (χ0) is 15.4. The molecular formula is C16H19Cl2N3. The fourth-order valence-corrected chi connectivity index (χ4v) is 2.78. The molecule has 1 N–H and O–H groups in total. The third-order valence-electron chi connectivity index (χ3n) is 3.32. The monoisotopic (exact) mass is 323 g/mol. The molecule has 0 unspecified atom stereocenters. The summed E-state index contributed by atoms with van der Waals surface area (Å²) in [7, 11) is 0. The number of halogens is 2. The maximum Gasteiger partial charge on any atom is 0.135 e. The first-order chi connectivity index (χ1) is 10.0. The van der Waals surface area contributed by atoms with Crippen molar-refractivity contribution in [1.82, 2.24) is 9.97 Å². The number of aryl methyl sites for hydroxylation is 1. The van der Waals surface area contributed by atoms with Crippen LogP contribution in [-0.2, 0) is 12.8 Å². The molecule has 0 saturated heterocycles. The Morgan fingerprint density at radius 1 is 1.14 bits per heavy atom. The second kappa shape index (κ2) is 7.10. The predicted octanol–water partition coefficient (Wildman–Crippen LogP) is 4.68. The van der Waals surface area contributed by atoms with Gasteiger partial charge in [-0.2, -0.15) is 0 Å². The topological polar surface area (TPSA) is 37.8 Å². The van der Waals surface area contributed by atoms with Gasteiger partial charge in [-0.05, 0) is 38.0 Å². The van der Waals surface area contributed by atoms with Gasteiger partial charge in [0.05, 0.1) is 0 Å². The normalized spacial score (nSPS) is 10.7. The van der Waals surface area contributed by atoms with Crippen LogP contribution in [0.15, 0.2) is 18.2 Å². The highest BCUT2D eigenvalue weighted by molar-refractivity contribution is 6.35. The maximum atomic E-state index is 6.22. The molecule has 2 rings (SSSR count). The number of benzene rings is 1. The van der Waals surface area contributed by atoms with E-state index < -0.39 is 0 Å². The molecule has 5 heteroatoms. The first kappa shape index (κ1) is 16.1. The van der Waals surface area contributed by atoms with Gasteiger partial charge in [0.25, 0.3) is 0 Å². The van der Waals surface area contributed by atoms with Crippen LogP contribution in [-0.4, -0.2) is 16.5 Å². The van der Waals surface area contributed by atoms with Crippen LogP contribution in [0.2, 0.25) is 10.0 Å². The van der Waals surface area contributed by atoms with Crippen molar-refractivity contribution in [2.75, 3.05) is 11.9 Å². The van der Waals surface area contributed by atoms with Crippen LogP contribution in [0.3, 0.4) is 0 Å². The molecule has 0 amide bonds. The molecule has 0 aliphatic carbocycles.